The van der Waals surface area contributed by atoms with E-state index < -0.39 is 0 Å². The summed E-state index contributed by atoms with van der Waals surface area (Å²) in [5.41, 5.74) is 1.05. The number of rotatable bonds is 4. The maximum Gasteiger partial charge on any atom is 0.248 e. The van der Waals surface area contributed by atoms with Gasteiger partial charge in [0, 0.05) is 17.3 Å². The summed E-state index contributed by atoms with van der Waals surface area (Å²) in [6.45, 7) is 5.91. The Morgan fingerprint density at radius 3 is 2.94 bits per heavy atom. The molecular weight excluding hydrogens is 248 g/mol. The number of imidazole rings is 1. The normalized spacial score (nSPS) is 12.4. The summed E-state index contributed by atoms with van der Waals surface area (Å²) in [6.07, 6.45) is 5.95. The lowest BCUT2D eigenvalue weighted by molar-refractivity contribution is -0.118. The molecule has 2 aromatic rings. The highest BCUT2D eigenvalue weighted by Gasteiger charge is 2.16. The number of aryl methyl sites for hydroxylation is 2. The predicted molar refractivity (Wildman–Crippen MR) is 71.8 cm³/mol. The Kier molecular flexibility index (Phi) is 3.76. The molecule has 0 saturated heterocycles. The SMILES string of the molecule is CCc1nc(NC(=O)C(C)n2ccnc2)sc1C. The quantitative estimate of drug-likeness (QED) is 0.922. The first-order valence-corrected chi connectivity index (χ1v) is 6.68. The molecule has 0 aliphatic rings. The van der Waals surface area contributed by atoms with Gasteiger partial charge in [-0.1, -0.05) is 6.92 Å². The van der Waals surface area contributed by atoms with Crippen LogP contribution in [0, 0.1) is 6.92 Å². The third-order valence-corrected chi connectivity index (χ3v) is 3.74. The van der Waals surface area contributed by atoms with Crippen molar-refractivity contribution in [2.75, 3.05) is 5.32 Å². The van der Waals surface area contributed by atoms with Gasteiger partial charge < -0.3 is 9.88 Å². The smallest absolute Gasteiger partial charge is 0.248 e. The fourth-order valence-electron chi connectivity index (χ4n) is 1.65. The molecule has 1 amide bonds. The van der Waals surface area contributed by atoms with Crippen LogP contribution in [0.3, 0.4) is 0 Å². The minimum atomic E-state index is -0.290. The third kappa shape index (κ3) is 2.59. The lowest BCUT2D eigenvalue weighted by Crippen LogP contribution is -2.22. The summed E-state index contributed by atoms with van der Waals surface area (Å²) in [6, 6.07) is -0.290. The van der Waals surface area contributed by atoms with Gasteiger partial charge in [0.2, 0.25) is 5.91 Å². The van der Waals surface area contributed by atoms with Crippen LogP contribution in [-0.2, 0) is 11.2 Å². The molecule has 6 heteroatoms. The Morgan fingerprint density at radius 2 is 2.39 bits per heavy atom. The summed E-state index contributed by atoms with van der Waals surface area (Å²) < 4.78 is 1.76. The van der Waals surface area contributed by atoms with Crippen LogP contribution in [0.15, 0.2) is 18.7 Å². The van der Waals surface area contributed by atoms with Crippen molar-refractivity contribution >= 4 is 22.4 Å². The molecule has 2 rings (SSSR count). The molecule has 1 unspecified atom stereocenters. The number of amides is 1. The van der Waals surface area contributed by atoms with Gasteiger partial charge in [-0.2, -0.15) is 0 Å². The number of nitrogens with one attached hydrogen (secondary N) is 1. The number of anilines is 1. The van der Waals surface area contributed by atoms with Crippen LogP contribution in [0.4, 0.5) is 5.13 Å². The van der Waals surface area contributed by atoms with E-state index in [9.17, 15) is 4.79 Å². The van der Waals surface area contributed by atoms with Crippen LogP contribution in [0.1, 0.15) is 30.5 Å². The Labute approximate surface area is 110 Å². The van der Waals surface area contributed by atoms with Crippen molar-refractivity contribution in [1.82, 2.24) is 14.5 Å². The molecule has 96 valence electrons. The highest BCUT2D eigenvalue weighted by molar-refractivity contribution is 7.15. The number of thiazole rings is 1. The molecule has 1 N–H and O–H groups in total. The van der Waals surface area contributed by atoms with Gasteiger partial charge in [-0.3, -0.25) is 4.79 Å². The molecule has 2 aromatic heterocycles. The van der Waals surface area contributed by atoms with Gasteiger partial charge in [0.15, 0.2) is 5.13 Å². The second kappa shape index (κ2) is 5.30. The number of carbonyl (C=O) groups is 1. The number of hydrogen-bond acceptors (Lipinski definition) is 4. The zero-order valence-electron chi connectivity index (χ0n) is 10.7. The van der Waals surface area contributed by atoms with Crippen molar-refractivity contribution in [2.24, 2.45) is 0 Å². The molecule has 0 bridgehead atoms. The van der Waals surface area contributed by atoms with Gasteiger partial charge in [0.05, 0.1) is 12.0 Å². The Hall–Kier alpha value is -1.69. The van der Waals surface area contributed by atoms with E-state index >= 15 is 0 Å². The topological polar surface area (TPSA) is 59.8 Å². The van der Waals surface area contributed by atoms with Crippen molar-refractivity contribution in [3.05, 3.63) is 29.3 Å². The van der Waals surface area contributed by atoms with E-state index in [0.29, 0.717) is 5.13 Å². The zero-order valence-corrected chi connectivity index (χ0v) is 11.5. The monoisotopic (exact) mass is 264 g/mol. The average Bonchev–Trinajstić information content (AvgIpc) is 2.97. The van der Waals surface area contributed by atoms with Crippen LogP contribution >= 0.6 is 11.3 Å². The van der Waals surface area contributed by atoms with E-state index in [1.165, 1.54) is 11.3 Å². The van der Waals surface area contributed by atoms with Crippen LogP contribution in [0.5, 0.6) is 0 Å². The Balaban J connectivity index is 2.07. The maximum absolute atomic E-state index is 12.0. The van der Waals surface area contributed by atoms with E-state index in [1.807, 2.05) is 13.8 Å². The maximum atomic E-state index is 12.0. The highest BCUT2D eigenvalue weighted by atomic mass is 32.1. The molecule has 0 fully saturated rings. The van der Waals surface area contributed by atoms with Gasteiger partial charge in [0.1, 0.15) is 6.04 Å². The van der Waals surface area contributed by atoms with Crippen LogP contribution in [0.2, 0.25) is 0 Å². The van der Waals surface area contributed by atoms with Crippen LogP contribution in [0.25, 0.3) is 0 Å². The largest absolute Gasteiger partial charge is 0.325 e. The number of hydrogen-bond donors (Lipinski definition) is 1. The fraction of sp³-hybridized carbons (Fsp3) is 0.417. The number of nitrogens with zero attached hydrogens (tertiary/aromatic N) is 3. The first-order chi connectivity index (χ1) is 8.61. The van der Waals surface area contributed by atoms with Crippen molar-refractivity contribution in [2.45, 2.75) is 33.2 Å². The molecule has 2 heterocycles. The summed E-state index contributed by atoms with van der Waals surface area (Å²) in [4.78, 5) is 21.5. The minimum Gasteiger partial charge on any atom is -0.325 e. The molecule has 0 aliphatic carbocycles. The highest BCUT2D eigenvalue weighted by Crippen LogP contribution is 2.23. The van der Waals surface area contributed by atoms with E-state index in [1.54, 1.807) is 23.3 Å². The first-order valence-electron chi connectivity index (χ1n) is 5.86. The van der Waals surface area contributed by atoms with Crippen LogP contribution in [-0.4, -0.2) is 20.4 Å². The van der Waals surface area contributed by atoms with E-state index in [4.69, 9.17) is 0 Å². The van der Waals surface area contributed by atoms with E-state index in [2.05, 4.69) is 22.2 Å². The standard InChI is InChI=1S/C12H16N4OS/c1-4-10-9(3)18-12(14-10)15-11(17)8(2)16-6-5-13-7-16/h5-8H,4H2,1-3H3,(H,14,15,17). The predicted octanol–water partition coefficient (Wildman–Crippen LogP) is 2.41. The molecule has 0 aromatic carbocycles. The lowest BCUT2D eigenvalue weighted by atomic mass is 10.3. The average molecular weight is 264 g/mol. The Bertz CT molecular complexity index is 532. The lowest BCUT2D eigenvalue weighted by Gasteiger charge is -2.11. The van der Waals surface area contributed by atoms with Crippen LogP contribution < -0.4 is 5.32 Å². The summed E-state index contributed by atoms with van der Waals surface area (Å²) in [5, 5.41) is 3.51. The molecule has 0 aliphatic heterocycles. The molecule has 0 radical (unpaired) electrons. The summed E-state index contributed by atoms with van der Waals surface area (Å²) >= 11 is 1.51. The second-order valence-electron chi connectivity index (χ2n) is 4.05. The van der Waals surface area contributed by atoms with Crippen molar-refractivity contribution < 1.29 is 4.79 Å². The van der Waals surface area contributed by atoms with E-state index in [0.717, 1.165) is 17.0 Å². The zero-order chi connectivity index (χ0) is 13.1. The van der Waals surface area contributed by atoms with Gasteiger partial charge in [-0.05, 0) is 20.3 Å². The molecule has 0 saturated carbocycles. The van der Waals surface area contributed by atoms with Gasteiger partial charge in [-0.15, -0.1) is 11.3 Å². The molecule has 5 nitrogen and oxygen atoms in total. The Morgan fingerprint density at radius 1 is 1.61 bits per heavy atom. The van der Waals surface area contributed by atoms with Gasteiger partial charge in [-0.25, -0.2) is 9.97 Å². The fourth-order valence-corrected chi connectivity index (χ4v) is 2.56. The number of carbonyl (C=O) groups excluding carboxylic acids is 1. The molecule has 0 spiro atoms. The minimum absolute atomic E-state index is 0.0793. The number of aromatic nitrogens is 3. The van der Waals surface area contributed by atoms with Gasteiger partial charge in [0.25, 0.3) is 0 Å². The second-order valence-corrected chi connectivity index (χ2v) is 5.25. The van der Waals surface area contributed by atoms with E-state index in [-0.39, 0.29) is 11.9 Å². The third-order valence-electron chi connectivity index (χ3n) is 2.81. The molecular formula is C12H16N4OS. The first kappa shape index (κ1) is 12.8. The summed E-state index contributed by atoms with van der Waals surface area (Å²) in [7, 11) is 0. The van der Waals surface area contributed by atoms with Gasteiger partial charge >= 0.3 is 0 Å². The summed E-state index contributed by atoms with van der Waals surface area (Å²) in [5.74, 6) is -0.0793. The van der Waals surface area contributed by atoms with Crippen molar-refractivity contribution in [3.8, 4) is 0 Å². The van der Waals surface area contributed by atoms with Crippen molar-refractivity contribution in [3.63, 3.8) is 0 Å². The van der Waals surface area contributed by atoms with Crippen molar-refractivity contribution in [1.29, 1.82) is 0 Å². The molecule has 18 heavy (non-hydrogen) atoms. The molecule has 1 atom stereocenters.